The Balaban J connectivity index is 2.59. The Morgan fingerprint density at radius 3 is 2.39 bits per heavy atom. The summed E-state index contributed by atoms with van der Waals surface area (Å²) in [5.41, 5.74) is 0.730. The lowest BCUT2D eigenvalue weighted by atomic mass is 10.2. The van der Waals surface area contributed by atoms with E-state index in [-0.39, 0.29) is 17.5 Å². The summed E-state index contributed by atoms with van der Waals surface area (Å²) in [6.07, 6.45) is 0.141. The highest BCUT2D eigenvalue weighted by Crippen LogP contribution is 2.04. The number of rotatable bonds is 8. The van der Waals surface area contributed by atoms with Gasteiger partial charge in [-0.25, -0.2) is 9.93 Å². The molecule has 0 fully saturated rings. The molecule has 0 aromatic heterocycles. The topological polar surface area (TPSA) is 116 Å². The number of amides is 1. The van der Waals surface area contributed by atoms with Crippen LogP contribution in [0.1, 0.15) is 25.3 Å². The molecule has 0 bridgehead atoms. The quantitative estimate of drug-likeness (QED) is 0.559. The minimum Gasteiger partial charge on any atom is -0.459 e. The SMILES string of the molecule is CCCCOC(=O)N(CC(=O)OCc1ccccc1)S(N)(=O)=O. The molecule has 0 saturated carbocycles. The van der Waals surface area contributed by atoms with Crippen LogP contribution in [0.3, 0.4) is 0 Å². The van der Waals surface area contributed by atoms with Gasteiger partial charge in [0.1, 0.15) is 13.2 Å². The zero-order valence-electron chi connectivity index (χ0n) is 12.8. The van der Waals surface area contributed by atoms with Crippen LogP contribution in [0.4, 0.5) is 4.79 Å². The Kier molecular flexibility index (Phi) is 7.49. The zero-order chi connectivity index (χ0) is 17.3. The van der Waals surface area contributed by atoms with Crippen molar-refractivity contribution in [1.82, 2.24) is 4.31 Å². The van der Waals surface area contributed by atoms with Crippen molar-refractivity contribution in [3.8, 4) is 0 Å². The molecular formula is C14H20N2O6S. The molecule has 0 unspecified atom stereocenters. The van der Waals surface area contributed by atoms with E-state index in [1.807, 2.05) is 6.92 Å². The Hall–Kier alpha value is -2.13. The molecule has 0 spiro atoms. The third-order valence-electron chi connectivity index (χ3n) is 2.75. The van der Waals surface area contributed by atoms with E-state index in [4.69, 9.17) is 14.6 Å². The largest absolute Gasteiger partial charge is 0.459 e. The van der Waals surface area contributed by atoms with Crippen LogP contribution >= 0.6 is 0 Å². The van der Waals surface area contributed by atoms with Crippen molar-refractivity contribution in [2.45, 2.75) is 26.4 Å². The van der Waals surface area contributed by atoms with Crippen LogP contribution in [0.5, 0.6) is 0 Å². The first-order valence-electron chi connectivity index (χ1n) is 7.01. The maximum atomic E-state index is 11.7. The third-order valence-corrected chi connectivity index (χ3v) is 3.64. The molecule has 1 aromatic carbocycles. The van der Waals surface area contributed by atoms with Crippen molar-refractivity contribution in [2.24, 2.45) is 5.14 Å². The van der Waals surface area contributed by atoms with Gasteiger partial charge in [-0.1, -0.05) is 43.7 Å². The van der Waals surface area contributed by atoms with Gasteiger partial charge in [0.2, 0.25) is 0 Å². The van der Waals surface area contributed by atoms with Gasteiger partial charge in [0, 0.05) is 0 Å². The Morgan fingerprint density at radius 2 is 1.83 bits per heavy atom. The van der Waals surface area contributed by atoms with Gasteiger partial charge >= 0.3 is 22.3 Å². The van der Waals surface area contributed by atoms with E-state index in [0.29, 0.717) is 6.42 Å². The number of nitrogens with two attached hydrogens (primary N) is 1. The average Bonchev–Trinajstić information content (AvgIpc) is 2.50. The minimum atomic E-state index is -4.42. The molecule has 1 aromatic rings. The van der Waals surface area contributed by atoms with E-state index in [1.54, 1.807) is 30.3 Å². The molecule has 0 aliphatic heterocycles. The van der Waals surface area contributed by atoms with Crippen LogP contribution in [-0.4, -0.2) is 37.9 Å². The molecule has 0 aliphatic rings. The summed E-state index contributed by atoms with van der Waals surface area (Å²) in [4.78, 5) is 23.4. The number of hydrogen-bond acceptors (Lipinski definition) is 6. The fourth-order valence-electron chi connectivity index (χ4n) is 1.54. The summed E-state index contributed by atoms with van der Waals surface area (Å²) in [6.45, 7) is 1.05. The van der Waals surface area contributed by atoms with Crippen LogP contribution in [0.2, 0.25) is 0 Å². The van der Waals surface area contributed by atoms with Crippen molar-refractivity contribution in [3.63, 3.8) is 0 Å². The van der Waals surface area contributed by atoms with Gasteiger partial charge < -0.3 is 9.47 Å². The zero-order valence-corrected chi connectivity index (χ0v) is 13.6. The van der Waals surface area contributed by atoms with Gasteiger partial charge in [-0.3, -0.25) is 4.79 Å². The number of benzene rings is 1. The maximum absolute atomic E-state index is 11.7. The molecule has 0 aliphatic carbocycles. The summed E-state index contributed by atoms with van der Waals surface area (Å²) < 4.78 is 32.6. The van der Waals surface area contributed by atoms with Crippen molar-refractivity contribution >= 4 is 22.3 Å². The molecule has 0 saturated heterocycles. The lowest BCUT2D eigenvalue weighted by molar-refractivity contribution is -0.144. The first-order chi connectivity index (χ1) is 10.8. The van der Waals surface area contributed by atoms with Crippen LogP contribution < -0.4 is 5.14 Å². The van der Waals surface area contributed by atoms with Crippen molar-refractivity contribution < 1.29 is 27.5 Å². The van der Waals surface area contributed by atoms with Crippen LogP contribution in [-0.2, 0) is 31.1 Å². The molecule has 9 heteroatoms. The second-order valence-electron chi connectivity index (χ2n) is 4.67. The summed E-state index contributed by atoms with van der Waals surface area (Å²) in [5, 5.41) is 4.93. The predicted molar refractivity (Wildman–Crippen MR) is 82.3 cm³/mol. The van der Waals surface area contributed by atoms with Crippen LogP contribution in [0.25, 0.3) is 0 Å². The number of carbonyl (C=O) groups excluding carboxylic acids is 2. The predicted octanol–water partition coefficient (Wildman–Crippen LogP) is 1.17. The third kappa shape index (κ3) is 7.11. The number of ether oxygens (including phenoxy) is 2. The fraction of sp³-hybridized carbons (Fsp3) is 0.429. The highest BCUT2D eigenvalue weighted by Gasteiger charge is 2.28. The van der Waals surface area contributed by atoms with Crippen LogP contribution in [0.15, 0.2) is 30.3 Å². The Labute approximate surface area is 135 Å². The fourth-order valence-corrected chi connectivity index (χ4v) is 2.08. The molecular weight excluding hydrogens is 324 g/mol. The molecule has 1 rings (SSSR count). The minimum absolute atomic E-state index is 0.0387. The molecule has 1 amide bonds. The van der Waals surface area contributed by atoms with Gasteiger partial charge in [0.15, 0.2) is 0 Å². The van der Waals surface area contributed by atoms with Gasteiger partial charge in [-0.2, -0.15) is 12.7 Å². The van der Waals surface area contributed by atoms with Gasteiger partial charge in [0.05, 0.1) is 6.61 Å². The summed E-state index contributed by atoms with van der Waals surface area (Å²) in [7, 11) is -4.42. The first-order valence-corrected chi connectivity index (χ1v) is 8.51. The highest BCUT2D eigenvalue weighted by molar-refractivity contribution is 7.87. The van der Waals surface area contributed by atoms with E-state index in [1.165, 1.54) is 0 Å². The highest BCUT2D eigenvalue weighted by atomic mass is 32.2. The Morgan fingerprint density at radius 1 is 1.17 bits per heavy atom. The van der Waals surface area contributed by atoms with E-state index in [0.717, 1.165) is 12.0 Å². The smallest absolute Gasteiger partial charge is 0.425 e. The van der Waals surface area contributed by atoms with Gasteiger partial charge in [-0.15, -0.1) is 0 Å². The lowest BCUT2D eigenvalue weighted by Crippen LogP contribution is -2.45. The molecule has 0 heterocycles. The Bertz CT molecular complexity index is 617. The second kappa shape index (κ2) is 9.11. The molecule has 23 heavy (non-hydrogen) atoms. The molecule has 0 atom stereocenters. The maximum Gasteiger partial charge on any atom is 0.425 e. The standard InChI is InChI=1S/C14H20N2O6S/c1-2-3-9-21-14(18)16(23(15,19)20)10-13(17)22-11-12-7-5-4-6-8-12/h4-8H,2-3,9-11H2,1H3,(H2,15,19,20). The normalized spacial score (nSPS) is 10.9. The molecule has 8 nitrogen and oxygen atoms in total. The van der Waals surface area contributed by atoms with Crippen molar-refractivity contribution in [1.29, 1.82) is 0 Å². The van der Waals surface area contributed by atoms with E-state index in [2.05, 4.69) is 0 Å². The first kappa shape index (κ1) is 18.9. The molecule has 0 radical (unpaired) electrons. The number of carbonyl (C=O) groups is 2. The number of nitrogens with zero attached hydrogens (tertiary/aromatic N) is 1. The van der Waals surface area contributed by atoms with Gasteiger partial charge in [-0.05, 0) is 12.0 Å². The van der Waals surface area contributed by atoms with Crippen LogP contribution in [0, 0.1) is 0 Å². The summed E-state index contributed by atoms with van der Waals surface area (Å²) in [6, 6.07) is 8.82. The van der Waals surface area contributed by atoms with E-state index in [9.17, 15) is 18.0 Å². The molecule has 128 valence electrons. The van der Waals surface area contributed by atoms with E-state index >= 15 is 0 Å². The second-order valence-corrected chi connectivity index (χ2v) is 6.14. The number of hydrogen-bond donors (Lipinski definition) is 1. The lowest BCUT2D eigenvalue weighted by Gasteiger charge is -2.18. The van der Waals surface area contributed by atoms with Gasteiger partial charge in [0.25, 0.3) is 0 Å². The number of esters is 1. The van der Waals surface area contributed by atoms with E-state index < -0.39 is 28.8 Å². The van der Waals surface area contributed by atoms with Crippen molar-refractivity contribution in [2.75, 3.05) is 13.2 Å². The molecule has 2 N–H and O–H groups in total. The monoisotopic (exact) mass is 344 g/mol. The average molecular weight is 344 g/mol. The number of unbranched alkanes of at least 4 members (excludes halogenated alkanes) is 1. The van der Waals surface area contributed by atoms with Crippen molar-refractivity contribution in [3.05, 3.63) is 35.9 Å². The summed E-state index contributed by atoms with van der Waals surface area (Å²) in [5.74, 6) is -0.907. The summed E-state index contributed by atoms with van der Waals surface area (Å²) >= 11 is 0.